The first-order chi connectivity index (χ1) is 17.1. The van der Waals surface area contributed by atoms with Crippen LogP contribution in [-0.4, -0.2) is 79.6 Å². The van der Waals surface area contributed by atoms with Crippen molar-refractivity contribution < 1.29 is 14.6 Å². The van der Waals surface area contributed by atoms with Crippen LogP contribution in [0.4, 0.5) is 5.82 Å². The molecule has 35 heavy (non-hydrogen) atoms. The second kappa shape index (κ2) is 12.2. The van der Waals surface area contributed by atoms with E-state index in [9.17, 15) is 5.11 Å². The van der Waals surface area contributed by atoms with E-state index < -0.39 is 6.10 Å². The van der Waals surface area contributed by atoms with Crippen molar-refractivity contribution in [2.24, 2.45) is 0 Å². The van der Waals surface area contributed by atoms with Gasteiger partial charge in [-0.25, -0.2) is 9.97 Å². The second-order valence-corrected chi connectivity index (χ2v) is 9.16. The van der Waals surface area contributed by atoms with Crippen molar-refractivity contribution in [1.82, 2.24) is 14.9 Å². The molecule has 4 rings (SSSR count). The van der Waals surface area contributed by atoms with Gasteiger partial charge >= 0.3 is 0 Å². The number of aliphatic hydroxyl groups excluding tert-OH is 1. The van der Waals surface area contributed by atoms with Crippen molar-refractivity contribution >= 4 is 5.82 Å². The highest BCUT2D eigenvalue weighted by Gasteiger charge is 2.25. The van der Waals surface area contributed by atoms with Crippen molar-refractivity contribution in [3.05, 3.63) is 77.0 Å². The van der Waals surface area contributed by atoms with Crippen LogP contribution in [0.3, 0.4) is 0 Å². The Kier molecular flexibility index (Phi) is 8.82. The minimum absolute atomic E-state index is 0.355. The van der Waals surface area contributed by atoms with Crippen molar-refractivity contribution in [2.45, 2.75) is 26.1 Å². The predicted molar refractivity (Wildman–Crippen MR) is 139 cm³/mol. The highest BCUT2D eigenvalue weighted by atomic mass is 16.5. The van der Waals surface area contributed by atoms with Crippen molar-refractivity contribution in [3.63, 3.8) is 0 Å². The molecule has 0 bridgehead atoms. The summed E-state index contributed by atoms with van der Waals surface area (Å²) < 4.78 is 10.7. The van der Waals surface area contributed by atoms with Crippen LogP contribution in [0, 0.1) is 6.92 Å². The first kappa shape index (κ1) is 25.3. The zero-order valence-electron chi connectivity index (χ0n) is 21.0. The molecule has 7 nitrogen and oxygen atoms in total. The molecular formula is C28H36N4O3. The summed E-state index contributed by atoms with van der Waals surface area (Å²) in [5.41, 5.74) is 5.51. The van der Waals surface area contributed by atoms with E-state index in [0.29, 0.717) is 19.8 Å². The number of hydrogen-bond acceptors (Lipinski definition) is 7. The fraction of sp³-hybridized carbons (Fsp3) is 0.429. The maximum Gasteiger partial charge on any atom is 0.161 e. The smallest absolute Gasteiger partial charge is 0.161 e. The summed E-state index contributed by atoms with van der Waals surface area (Å²) >= 11 is 0. The van der Waals surface area contributed by atoms with Gasteiger partial charge in [0.2, 0.25) is 0 Å². The molecule has 2 aromatic carbocycles. The number of anilines is 1. The van der Waals surface area contributed by atoms with Crippen molar-refractivity contribution in [3.8, 4) is 11.4 Å². The van der Waals surface area contributed by atoms with Crippen LogP contribution in [0.15, 0.2) is 54.6 Å². The molecule has 3 aromatic rings. The molecule has 1 atom stereocenters. The Morgan fingerprint density at radius 3 is 2.40 bits per heavy atom. The molecule has 1 N–H and O–H groups in total. The average Bonchev–Trinajstić information content (AvgIpc) is 2.86. The van der Waals surface area contributed by atoms with Gasteiger partial charge in [0, 0.05) is 64.5 Å². The lowest BCUT2D eigenvalue weighted by molar-refractivity contribution is 0.0365. The minimum atomic E-state index is -0.472. The summed E-state index contributed by atoms with van der Waals surface area (Å²) in [6.45, 7) is 6.89. The number of nitrogens with zero attached hydrogens (tertiary/aromatic N) is 4. The number of β-amino-alcohol motifs (C(OH)–C–C–N with tert-alkyl or cyclic N) is 1. The van der Waals surface area contributed by atoms with E-state index in [0.717, 1.165) is 61.1 Å². The predicted octanol–water partition coefficient (Wildman–Crippen LogP) is 3.32. The Morgan fingerprint density at radius 1 is 0.943 bits per heavy atom. The summed E-state index contributed by atoms with van der Waals surface area (Å²) in [7, 11) is 3.33. The monoisotopic (exact) mass is 476 g/mol. The van der Waals surface area contributed by atoms with Crippen LogP contribution in [0.1, 0.15) is 22.4 Å². The highest BCUT2D eigenvalue weighted by molar-refractivity contribution is 5.61. The maximum atomic E-state index is 10.2. The van der Waals surface area contributed by atoms with Crippen LogP contribution in [-0.2, 0) is 22.5 Å². The zero-order chi connectivity index (χ0) is 24.6. The first-order valence-electron chi connectivity index (χ1n) is 12.2. The molecule has 2 heterocycles. The van der Waals surface area contributed by atoms with E-state index >= 15 is 0 Å². The van der Waals surface area contributed by atoms with Crippen LogP contribution in [0.25, 0.3) is 11.4 Å². The third-order valence-corrected chi connectivity index (χ3v) is 6.35. The number of hydrogen-bond donors (Lipinski definition) is 1. The fourth-order valence-corrected chi connectivity index (χ4v) is 4.64. The topological polar surface area (TPSA) is 71.0 Å². The lowest BCUT2D eigenvalue weighted by Gasteiger charge is -2.37. The molecule has 0 radical (unpaired) electrons. The van der Waals surface area contributed by atoms with Gasteiger partial charge in [-0.3, -0.25) is 4.90 Å². The molecule has 1 saturated heterocycles. The van der Waals surface area contributed by atoms with Crippen LogP contribution in [0.5, 0.6) is 0 Å². The third-order valence-electron chi connectivity index (χ3n) is 6.35. The molecule has 186 valence electrons. The summed E-state index contributed by atoms with van der Waals surface area (Å²) in [5.74, 6) is 1.70. The van der Waals surface area contributed by atoms with E-state index in [-0.39, 0.29) is 0 Å². The van der Waals surface area contributed by atoms with Gasteiger partial charge in [0.15, 0.2) is 5.82 Å². The van der Waals surface area contributed by atoms with Crippen LogP contribution >= 0.6 is 0 Å². The van der Waals surface area contributed by atoms with E-state index in [2.05, 4.69) is 41.0 Å². The molecule has 0 amide bonds. The Morgan fingerprint density at radius 2 is 1.71 bits per heavy atom. The van der Waals surface area contributed by atoms with Gasteiger partial charge in [0.05, 0.1) is 25.0 Å². The van der Waals surface area contributed by atoms with Gasteiger partial charge in [-0.05, 0) is 12.5 Å². The summed E-state index contributed by atoms with van der Waals surface area (Å²) in [4.78, 5) is 14.7. The van der Waals surface area contributed by atoms with E-state index in [4.69, 9.17) is 19.4 Å². The number of aromatic nitrogens is 2. The zero-order valence-corrected chi connectivity index (χ0v) is 21.0. The standard InChI is InChI=1S/C28H36N4O3/c1-21-8-7-9-22(16-21)17-25-26(20-35-3)29-27(23-10-5-4-6-11-23)30-28(25)32-14-12-31(13-15-32)18-24(33)19-34-2/h4-11,16,24,33H,12-15,17-20H2,1-3H3/t24-/m1/s1. The first-order valence-corrected chi connectivity index (χ1v) is 12.2. The van der Waals surface area contributed by atoms with Gasteiger partial charge in [-0.15, -0.1) is 0 Å². The summed E-state index contributed by atoms with van der Waals surface area (Å²) in [6.07, 6.45) is 0.276. The molecular weight excluding hydrogens is 440 g/mol. The number of aliphatic hydroxyl groups is 1. The highest BCUT2D eigenvalue weighted by Crippen LogP contribution is 2.29. The number of piperazine rings is 1. The fourth-order valence-electron chi connectivity index (χ4n) is 4.64. The molecule has 0 unspecified atom stereocenters. The van der Waals surface area contributed by atoms with Crippen molar-refractivity contribution in [1.29, 1.82) is 0 Å². The quantitative estimate of drug-likeness (QED) is 0.481. The average molecular weight is 477 g/mol. The Balaban J connectivity index is 1.68. The molecule has 0 aliphatic carbocycles. The third kappa shape index (κ3) is 6.64. The van der Waals surface area contributed by atoms with E-state index in [1.54, 1.807) is 14.2 Å². The Labute approximate surface area is 208 Å². The summed E-state index contributed by atoms with van der Waals surface area (Å²) in [6, 6.07) is 18.7. The van der Waals surface area contributed by atoms with Gasteiger partial charge in [-0.1, -0.05) is 60.2 Å². The number of benzene rings is 2. The Bertz CT molecular complexity index is 1080. The molecule has 1 aliphatic heterocycles. The normalized spacial score (nSPS) is 15.4. The van der Waals surface area contributed by atoms with Gasteiger partial charge < -0.3 is 19.5 Å². The van der Waals surface area contributed by atoms with E-state index in [1.165, 1.54) is 11.1 Å². The number of methoxy groups -OCH3 is 2. The van der Waals surface area contributed by atoms with E-state index in [1.807, 2.05) is 30.3 Å². The Hall–Kier alpha value is -2.84. The molecule has 7 heteroatoms. The molecule has 1 fully saturated rings. The molecule has 0 saturated carbocycles. The van der Waals surface area contributed by atoms with Crippen LogP contribution in [0.2, 0.25) is 0 Å². The lowest BCUT2D eigenvalue weighted by atomic mass is 10.0. The lowest BCUT2D eigenvalue weighted by Crippen LogP contribution is -2.49. The second-order valence-electron chi connectivity index (χ2n) is 9.16. The van der Waals surface area contributed by atoms with Gasteiger partial charge in [0.1, 0.15) is 5.82 Å². The summed E-state index contributed by atoms with van der Waals surface area (Å²) in [5, 5.41) is 10.2. The van der Waals surface area contributed by atoms with Gasteiger partial charge in [0.25, 0.3) is 0 Å². The van der Waals surface area contributed by atoms with Gasteiger partial charge in [-0.2, -0.15) is 0 Å². The SMILES string of the molecule is COCc1nc(-c2ccccc2)nc(N2CCN(C[C@@H](O)COC)CC2)c1Cc1cccc(C)c1. The molecule has 0 spiro atoms. The van der Waals surface area contributed by atoms with Crippen molar-refractivity contribution in [2.75, 3.05) is 58.5 Å². The number of ether oxygens (including phenoxy) is 2. The number of aryl methyl sites for hydroxylation is 1. The number of rotatable bonds is 10. The molecule has 1 aromatic heterocycles. The molecule has 1 aliphatic rings. The largest absolute Gasteiger partial charge is 0.389 e. The van der Waals surface area contributed by atoms with Crippen LogP contribution < -0.4 is 4.90 Å². The maximum absolute atomic E-state index is 10.2. The minimum Gasteiger partial charge on any atom is -0.389 e.